The van der Waals surface area contributed by atoms with E-state index >= 15 is 0 Å². The third kappa shape index (κ3) is 5.40. The number of fused-ring (bicyclic) bond motifs is 1. The first-order chi connectivity index (χ1) is 18.4. The van der Waals surface area contributed by atoms with E-state index in [9.17, 15) is 31.2 Å². The first kappa shape index (κ1) is 27.2. The van der Waals surface area contributed by atoms with Crippen LogP contribution in [0.15, 0.2) is 47.6 Å². The highest BCUT2D eigenvalue weighted by Crippen LogP contribution is 2.30. The number of sulfonamides is 1. The third-order valence-electron chi connectivity index (χ3n) is 6.80. The van der Waals surface area contributed by atoms with Crippen molar-refractivity contribution in [2.24, 2.45) is 0 Å². The summed E-state index contributed by atoms with van der Waals surface area (Å²) < 4.78 is 66.7. The molecule has 0 aliphatic carbocycles. The van der Waals surface area contributed by atoms with Crippen molar-refractivity contribution in [1.29, 1.82) is 0 Å². The average Bonchev–Trinajstić information content (AvgIpc) is 3.33. The van der Waals surface area contributed by atoms with Gasteiger partial charge in [-0.25, -0.2) is 13.4 Å². The average molecular weight is 580 g/mol. The molecule has 39 heavy (non-hydrogen) atoms. The van der Waals surface area contributed by atoms with E-state index in [0.717, 1.165) is 5.56 Å². The summed E-state index contributed by atoms with van der Waals surface area (Å²) >= 11 is 1.27. The minimum Gasteiger partial charge on any atom is -0.335 e. The van der Waals surface area contributed by atoms with Gasteiger partial charge < -0.3 is 9.80 Å². The predicted molar refractivity (Wildman–Crippen MR) is 136 cm³/mol. The van der Waals surface area contributed by atoms with E-state index in [1.54, 1.807) is 30.3 Å². The van der Waals surface area contributed by atoms with Crippen molar-refractivity contribution in [3.8, 4) is 10.6 Å². The fourth-order valence-electron chi connectivity index (χ4n) is 4.68. The lowest BCUT2D eigenvalue weighted by atomic mass is 10.00. The zero-order valence-electron chi connectivity index (χ0n) is 20.8. The SMILES string of the molecule is Cc1nc(-c2ccncc2)sc1C(=O)N1CCN(S(=O)(=O)c2ccc3c(c2)CN(C(=O)C(F)(F)F)CC3)CC1. The van der Waals surface area contributed by atoms with Crippen LogP contribution in [0, 0.1) is 6.92 Å². The van der Waals surface area contributed by atoms with Gasteiger partial charge in [0.05, 0.1) is 10.6 Å². The van der Waals surface area contributed by atoms with Crippen LogP contribution in [0.4, 0.5) is 13.2 Å². The molecule has 2 amide bonds. The number of aryl methyl sites for hydroxylation is 1. The monoisotopic (exact) mass is 579 g/mol. The highest BCUT2D eigenvalue weighted by atomic mass is 32.2. The number of alkyl halides is 3. The van der Waals surface area contributed by atoms with E-state index in [4.69, 9.17) is 0 Å². The number of pyridine rings is 1. The van der Waals surface area contributed by atoms with Gasteiger partial charge in [-0.2, -0.15) is 17.5 Å². The van der Waals surface area contributed by atoms with Crippen molar-refractivity contribution in [2.45, 2.75) is 31.0 Å². The van der Waals surface area contributed by atoms with Gasteiger partial charge in [-0.3, -0.25) is 14.6 Å². The van der Waals surface area contributed by atoms with Crippen LogP contribution in [-0.2, 0) is 27.8 Å². The van der Waals surface area contributed by atoms with Crippen molar-refractivity contribution >= 4 is 33.2 Å². The Balaban J connectivity index is 1.27. The Bertz CT molecular complexity index is 1520. The van der Waals surface area contributed by atoms with Crippen LogP contribution in [0.3, 0.4) is 0 Å². The molecule has 1 aromatic carbocycles. The van der Waals surface area contributed by atoms with Crippen LogP contribution >= 0.6 is 11.3 Å². The lowest BCUT2D eigenvalue weighted by molar-refractivity contribution is -0.186. The Hall–Kier alpha value is -3.36. The van der Waals surface area contributed by atoms with Gasteiger partial charge in [0, 0.05) is 57.2 Å². The van der Waals surface area contributed by atoms with E-state index in [0.29, 0.717) is 31.6 Å². The van der Waals surface area contributed by atoms with Crippen LogP contribution in [0.25, 0.3) is 10.6 Å². The minimum atomic E-state index is -4.99. The molecule has 0 atom stereocenters. The second kappa shape index (κ2) is 10.3. The molecular formula is C25H24F3N5O4S2. The quantitative estimate of drug-likeness (QED) is 0.471. The first-order valence-corrected chi connectivity index (χ1v) is 14.4. The Kier molecular flexibility index (Phi) is 7.20. The third-order valence-corrected chi connectivity index (χ3v) is 9.89. The molecule has 1 fully saturated rings. The van der Waals surface area contributed by atoms with E-state index in [1.807, 2.05) is 12.1 Å². The standard InChI is InChI=1S/C25H24F3N5O4S2/c1-16-21(38-22(30-16)18-4-7-29-8-5-18)23(34)31-10-12-33(13-11-31)39(36,37)20-3-2-17-6-9-32(15-19(17)14-20)24(35)25(26,27)28/h2-5,7-8,14H,6,9-13,15H2,1H3. The number of halogens is 3. The Morgan fingerprint density at radius 1 is 0.949 bits per heavy atom. The maximum absolute atomic E-state index is 13.4. The molecule has 0 N–H and O–H groups in total. The second-order valence-corrected chi connectivity index (χ2v) is 12.2. The number of carbonyl (C=O) groups is 2. The molecule has 0 unspecified atom stereocenters. The summed E-state index contributed by atoms with van der Waals surface area (Å²) in [5.41, 5.74) is 2.53. The fraction of sp³-hybridized carbons (Fsp3) is 0.360. The highest BCUT2D eigenvalue weighted by molar-refractivity contribution is 7.89. The number of benzene rings is 1. The zero-order valence-corrected chi connectivity index (χ0v) is 22.4. The van der Waals surface area contributed by atoms with E-state index in [1.165, 1.54) is 27.8 Å². The van der Waals surface area contributed by atoms with Crippen molar-refractivity contribution in [1.82, 2.24) is 24.1 Å². The maximum Gasteiger partial charge on any atom is 0.471 e. The largest absolute Gasteiger partial charge is 0.471 e. The Morgan fingerprint density at radius 2 is 1.64 bits per heavy atom. The Labute approximate surface area is 226 Å². The van der Waals surface area contributed by atoms with E-state index < -0.39 is 22.1 Å². The minimum absolute atomic E-state index is 0.0531. The predicted octanol–water partition coefficient (Wildman–Crippen LogP) is 3.11. The lowest BCUT2D eigenvalue weighted by Gasteiger charge is -2.34. The van der Waals surface area contributed by atoms with Crippen LogP contribution in [0.5, 0.6) is 0 Å². The van der Waals surface area contributed by atoms with E-state index in [2.05, 4.69) is 9.97 Å². The molecule has 2 aliphatic heterocycles. The number of rotatable bonds is 4. The molecule has 206 valence electrons. The molecule has 0 saturated carbocycles. The number of nitrogens with zero attached hydrogens (tertiary/aromatic N) is 5. The number of carbonyl (C=O) groups excluding carboxylic acids is 2. The van der Waals surface area contributed by atoms with E-state index in [-0.39, 0.29) is 56.5 Å². The van der Waals surface area contributed by atoms with Crippen molar-refractivity contribution in [3.63, 3.8) is 0 Å². The summed E-state index contributed by atoms with van der Waals surface area (Å²) in [5.74, 6) is -2.16. The molecule has 1 saturated heterocycles. The number of amides is 2. The molecule has 0 radical (unpaired) electrons. The summed E-state index contributed by atoms with van der Waals surface area (Å²) in [6.07, 6.45) is -1.49. The topological polar surface area (TPSA) is 104 Å². The summed E-state index contributed by atoms with van der Waals surface area (Å²) in [6.45, 7) is 1.86. The van der Waals surface area contributed by atoms with Crippen LogP contribution in [-0.4, -0.2) is 83.2 Å². The van der Waals surface area contributed by atoms with Crippen molar-refractivity contribution < 1.29 is 31.2 Å². The van der Waals surface area contributed by atoms with Crippen molar-refractivity contribution in [3.05, 3.63) is 64.4 Å². The van der Waals surface area contributed by atoms with Crippen LogP contribution in [0.2, 0.25) is 0 Å². The summed E-state index contributed by atoms with van der Waals surface area (Å²) in [6, 6.07) is 7.99. The highest BCUT2D eigenvalue weighted by Gasteiger charge is 2.43. The van der Waals surface area contributed by atoms with Crippen molar-refractivity contribution in [2.75, 3.05) is 32.7 Å². The van der Waals surface area contributed by atoms with Gasteiger partial charge in [-0.05, 0) is 48.7 Å². The molecule has 14 heteroatoms. The molecule has 0 bridgehead atoms. The molecule has 3 aromatic rings. The smallest absolute Gasteiger partial charge is 0.335 e. The van der Waals surface area contributed by atoms with Gasteiger partial charge >= 0.3 is 12.1 Å². The number of thiazole rings is 1. The van der Waals surface area contributed by atoms with Crippen LogP contribution in [0.1, 0.15) is 26.5 Å². The lowest BCUT2D eigenvalue weighted by Crippen LogP contribution is -2.50. The number of aromatic nitrogens is 2. The number of hydrogen-bond acceptors (Lipinski definition) is 7. The molecule has 2 aromatic heterocycles. The van der Waals surface area contributed by atoms with Gasteiger partial charge in [-0.1, -0.05) is 6.07 Å². The Morgan fingerprint density at radius 3 is 2.31 bits per heavy atom. The summed E-state index contributed by atoms with van der Waals surface area (Å²) in [7, 11) is -3.96. The van der Waals surface area contributed by atoms with Gasteiger partial charge in [0.1, 0.15) is 9.88 Å². The molecule has 0 spiro atoms. The number of hydrogen-bond donors (Lipinski definition) is 0. The van der Waals surface area contributed by atoms with Gasteiger partial charge in [0.25, 0.3) is 5.91 Å². The molecule has 9 nitrogen and oxygen atoms in total. The van der Waals surface area contributed by atoms with Gasteiger partial charge in [0.15, 0.2) is 0 Å². The summed E-state index contributed by atoms with van der Waals surface area (Å²) in [4.78, 5) is 36.1. The zero-order chi connectivity index (χ0) is 27.9. The van der Waals surface area contributed by atoms with Crippen LogP contribution < -0.4 is 0 Å². The maximum atomic E-state index is 13.4. The second-order valence-electron chi connectivity index (χ2n) is 9.27. The summed E-state index contributed by atoms with van der Waals surface area (Å²) in [5, 5.41) is 0.697. The normalized spacial score (nSPS) is 16.7. The number of piperazine rings is 1. The molecule has 5 rings (SSSR count). The van der Waals surface area contributed by atoms with Gasteiger partial charge in [0.2, 0.25) is 10.0 Å². The molecule has 4 heterocycles. The van der Waals surface area contributed by atoms with Gasteiger partial charge in [-0.15, -0.1) is 11.3 Å². The first-order valence-electron chi connectivity index (χ1n) is 12.1. The molecular weight excluding hydrogens is 555 g/mol. The molecule has 2 aliphatic rings. The fourth-order valence-corrected chi connectivity index (χ4v) is 7.20.